The Morgan fingerprint density at radius 1 is 1.83 bits per heavy atom. The van der Waals surface area contributed by atoms with E-state index in [0.29, 0.717) is 0 Å². The van der Waals surface area contributed by atoms with E-state index in [0.717, 1.165) is 6.42 Å². The number of rotatable bonds is 2. The molecule has 0 saturated carbocycles. The average Bonchev–Trinajstić information content (AvgIpc) is 1.35. The fraction of sp³-hybridized carbons (Fsp3) is 1.00. The van der Waals surface area contributed by atoms with Gasteiger partial charge in [0.25, 0.3) is 0 Å². The van der Waals surface area contributed by atoms with Crippen molar-refractivity contribution < 1.29 is 5.11 Å². The Morgan fingerprint density at radius 3 is 2.33 bits per heavy atom. The molecule has 0 spiro atoms. The molecular formula is C4H10OSn. The Bertz CT molecular complexity index is 28.7. The van der Waals surface area contributed by atoms with E-state index in [1.807, 2.05) is 6.92 Å². The molecule has 6 heavy (non-hydrogen) atoms. The van der Waals surface area contributed by atoms with Crippen LogP contribution in [0, 0.1) is 0 Å². The summed E-state index contributed by atoms with van der Waals surface area (Å²) in [5, 5.41) is 8.57. The van der Waals surface area contributed by atoms with E-state index >= 15 is 0 Å². The molecule has 36 valence electrons. The summed E-state index contributed by atoms with van der Waals surface area (Å²) in [6.45, 7) is 1.83. The van der Waals surface area contributed by atoms with E-state index in [1.54, 1.807) is 0 Å². The normalized spacial score (nSPS) is 14.5. The van der Waals surface area contributed by atoms with Crippen LogP contribution in [-0.4, -0.2) is 33.7 Å². The van der Waals surface area contributed by atoms with Crippen LogP contribution < -0.4 is 0 Å². The van der Waals surface area contributed by atoms with E-state index < -0.39 is 0 Å². The fourth-order valence-electron chi connectivity index (χ4n) is 0.241. The molecule has 0 heterocycles. The second-order valence-electron chi connectivity index (χ2n) is 1.43. The second kappa shape index (κ2) is 3.93. The van der Waals surface area contributed by atoms with Crippen molar-refractivity contribution in [2.45, 2.75) is 23.9 Å². The molecule has 2 radical (unpaired) electrons. The van der Waals surface area contributed by atoms with E-state index in [2.05, 4.69) is 0 Å². The number of aliphatic hydroxyl groups is 1. The van der Waals surface area contributed by atoms with E-state index in [1.165, 1.54) is 27.0 Å². The third-order valence-electron chi connectivity index (χ3n) is 0.584. The summed E-state index contributed by atoms with van der Waals surface area (Å²) in [5.41, 5.74) is 0. The summed E-state index contributed by atoms with van der Waals surface area (Å²) >= 11 is 1.28. The van der Waals surface area contributed by atoms with Gasteiger partial charge in [-0.3, -0.25) is 0 Å². The van der Waals surface area contributed by atoms with Gasteiger partial charge in [-0.2, -0.15) is 0 Å². The van der Waals surface area contributed by atoms with Gasteiger partial charge < -0.3 is 0 Å². The standard InChI is InChI=1S/C4H9O.Sn.H/c1-3-4(2)5;;/h4-5H,1,3H2,2H3;;. The summed E-state index contributed by atoms with van der Waals surface area (Å²) in [5.74, 6) is 0. The van der Waals surface area contributed by atoms with Crippen LogP contribution in [-0.2, 0) is 0 Å². The summed E-state index contributed by atoms with van der Waals surface area (Å²) in [7, 11) is 0. The van der Waals surface area contributed by atoms with Crippen molar-refractivity contribution in [1.29, 1.82) is 0 Å². The molecule has 0 fully saturated rings. The zero-order valence-corrected chi connectivity index (χ0v) is 7.31. The monoisotopic (exact) mass is 194 g/mol. The van der Waals surface area contributed by atoms with Gasteiger partial charge in [0.1, 0.15) is 0 Å². The van der Waals surface area contributed by atoms with Gasteiger partial charge in [0.15, 0.2) is 0 Å². The van der Waals surface area contributed by atoms with Gasteiger partial charge in [0, 0.05) is 0 Å². The molecule has 1 nitrogen and oxygen atoms in total. The molecule has 0 aliphatic rings. The summed E-state index contributed by atoms with van der Waals surface area (Å²) in [4.78, 5) is 0. The van der Waals surface area contributed by atoms with Crippen LogP contribution in [0.25, 0.3) is 0 Å². The third kappa shape index (κ3) is 4.76. The van der Waals surface area contributed by atoms with Gasteiger partial charge in [-0.05, 0) is 0 Å². The molecule has 0 aromatic heterocycles. The summed E-state index contributed by atoms with van der Waals surface area (Å²) < 4.78 is 1.21. The first-order chi connectivity index (χ1) is 2.77. The zero-order chi connectivity index (χ0) is 4.99. The Kier molecular flexibility index (Phi) is 4.43. The van der Waals surface area contributed by atoms with Crippen molar-refractivity contribution in [2.75, 3.05) is 0 Å². The first kappa shape index (κ1) is 6.76. The quantitative estimate of drug-likeness (QED) is 0.615. The van der Waals surface area contributed by atoms with E-state index in [9.17, 15) is 0 Å². The topological polar surface area (TPSA) is 20.2 Å². The number of aliphatic hydroxyl groups excluding tert-OH is 1. The van der Waals surface area contributed by atoms with Crippen molar-refractivity contribution in [3.05, 3.63) is 0 Å². The van der Waals surface area contributed by atoms with Crippen molar-refractivity contribution in [3.8, 4) is 0 Å². The Morgan fingerprint density at radius 2 is 2.33 bits per heavy atom. The molecule has 1 atom stereocenters. The molecule has 0 bridgehead atoms. The molecule has 0 aromatic rings. The molecule has 0 aromatic carbocycles. The molecule has 0 amide bonds. The van der Waals surface area contributed by atoms with Crippen molar-refractivity contribution >= 4 is 22.5 Å². The second-order valence-corrected chi connectivity index (χ2v) is 3.07. The maximum absolute atomic E-state index is 8.57. The fourth-order valence-corrected chi connectivity index (χ4v) is 1.62. The molecule has 2 heteroatoms. The van der Waals surface area contributed by atoms with E-state index in [-0.39, 0.29) is 6.10 Å². The summed E-state index contributed by atoms with van der Waals surface area (Å²) in [6.07, 6.45) is 0.919. The molecule has 0 aliphatic heterocycles. The first-order valence-corrected chi connectivity index (χ1v) is 4.48. The van der Waals surface area contributed by atoms with Crippen LogP contribution in [0.4, 0.5) is 0 Å². The summed E-state index contributed by atoms with van der Waals surface area (Å²) in [6, 6.07) is 0. The van der Waals surface area contributed by atoms with Crippen molar-refractivity contribution in [1.82, 2.24) is 0 Å². The zero-order valence-electron chi connectivity index (χ0n) is 4.02. The Balaban J connectivity index is 2.63. The maximum atomic E-state index is 8.57. The van der Waals surface area contributed by atoms with Crippen LogP contribution in [0.3, 0.4) is 0 Å². The molecular weight excluding hydrogens is 183 g/mol. The Hall–Kier alpha value is 0.759. The minimum atomic E-state index is -0.0694. The predicted octanol–water partition coefficient (Wildman–Crippen LogP) is 0.0764. The third-order valence-corrected chi connectivity index (χ3v) is 1.54. The van der Waals surface area contributed by atoms with Crippen LogP contribution >= 0.6 is 0 Å². The van der Waals surface area contributed by atoms with Gasteiger partial charge in [-0.15, -0.1) is 0 Å². The van der Waals surface area contributed by atoms with E-state index in [4.69, 9.17) is 5.11 Å². The van der Waals surface area contributed by atoms with Crippen LogP contribution in [0.15, 0.2) is 0 Å². The SMILES string of the molecule is CC(O)C[CH2][SnH]. The average molecular weight is 193 g/mol. The molecule has 1 unspecified atom stereocenters. The van der Waals surface area contributed by atoms with Gasteiger partial charge >= 0.3 is 51.5 Å². The van der Waals surface area contributed by atoms with Crippen molar-refractivity contribution in [2.24, 2.45) is 0 Å². The minimum absolute atomic E-state index is 0.0694. The molecule has 0 rings (SSSR count). The van der Waals surface area contributed by atoms with Gasteiger partial charge in [-0.1, -0.05) is 0 Å². The Labute approximate surface area is 51.8 Å². The number of hydrogen-bond acceptors (Lipinski definition) is 1. The number of hydrogen-bond donors (Lipinski definition) is 1. The first-order valence-electron chi connectivity index (χ1n) is 2.15. The van der Waals surface area contributed by atoms with Gasteiger partial charge in [0.05, 0.1) is 0 Å². The van der Waals surface area contributed by atoms with Crippen LogP contribution in [0.1, 0.15) is 13.3 Å². The van der Waals surface area contributed by atoms with Crippen LogP contribution in [0.2, 0.25) is 4.44 Å². The van der Waals surface area contributed by atoms with Gasteiger partial charge in [-0.25, -0.2) is 0 Å². The predicted molar refractivity (Wildman–Crippen MR) is 28.3 cm³/mol. The van der Waals surface area contributed by atoms with Crippen LogP contribution in [0.5, 0.6) is 0 Å². The van der Waals surface area contributed by atoms with Crippen molar-refractivity contribution in [3.63, 3.8) is 0 Å². The molecule has 0 saturated heterocycles. The molecule has 1 N–H and O–H groups in total. The molecule has 0 aliphatic carbocycles. The van der Waals surface area contributed by atoms with Gasteiger partial charge in [0.2, 0.25) is 0 Å².